The lowest BCUT2D eigenvalue weighted by atomic mass is 9.93. The molecular formula is C37H43N5O6S. The largest absolute Gasteiger partial charge is 0.474 e. The number of nitrogens with zero attached hydrogens (tertiary/aromatic N) is 3. The highest BCUT2D eigenvalue weighted by Gasteiger charge is 2.62. The zero-order valence-electron chi connectivity index (χ0n) is 27.7. The molecule has 0 spiro atoms. The number of para-hydroxylation sites is 1. The van der Waals surface area contributed by atoms with Crippen LogP contribution in [0.4, 0.5) is 0 Å². The minimum Gasteiger partial charge on any atom is -0.474 e. The Labute approximate surface area is 287 Å². The number of carbonyl (C=O) groups excluding carboxylic acids is 3. The van der Waals surface area contributed by atoms with Gasteiger partial charge in [0.1, 0.15) is 11.6 Å². The average Bonchev–Trinajstić information content (AvgIpc) is 4.03. The van der Waals surface area contributed by atoms with Crippen molar-refractivity contribution < 1.29 is 27.5 Å². The SMILES string of the molecule is C=CCCCCN(C)C(=O)[C@@H]1C[C@H](Oc2nc(-c3ccccc3)nc3ccccc23)C[C@H]1C(=O)N[C@]1(C(=O)NS(=O)(=O)C2CC2)C[C@H]1C=C. The van der Waals surface area contributed by atoms with Gasteiger partial charge in [-0.25, -0.2) is 13.4 Å². The highest BCUT2D eigenvalue weighted by molar-refractivity contribution is 7.91. The molecule has 2 N–H and O–H groups in total. The fraction of sp³-hybridized carbons (Fsp3) is 0.432. The Morgan fingerprint density at radius 3 is 2.41 bits per heavy atom. The normalized spacial score (nSPS) is 24.5. The molecule has 0 aliphatic heterocycles. The number of nitrogens with one attached hydrogen (secondary N) is 2. The second kappa shape index (κ2) is 14.1. The first-order valence-electron chi connectivity index (χ1n) is 16.9. The second-order valence-corrected chi connectivity index (χ2v) is 15.3. The number of benzene rings is 2. The predicted molar refractivity (Wildman–Crippen MR) is 187 cm³/mol. The Hall–Kier alpha value is -4.58. The van der Waals surface area contributed by atoms with Gasteiger partial charge in [0.25, 0.3) is 5.91 Å². The summed E-state index contributed by atoms with van der Waals surface area (Å²) in [5, 5.41) is 2.98. The number of hydrogen-bond acceptors (Lipinski definition) is 8. The van der Waals surface area contributed by atoms with Gasteiger partial charge in [0.15, 0.2) is 5.82 Å². The fourth-order valence-electron chi connectivity index (χ4n) is 6.72. The van der Waals surface area contributed by atoms with Crippen molar-refractivity contribution in [1.82, 2.24) is 24.9 Å². The summed E-state index contributed by atoms with van der Waals surface area (Å²) in [5.41, 5.74) is 0.0717. The van der Waals surface area contributed by atoms with E-state index in [1.165, 1.54) is 0 Å². The van der Waals surface area contributed by atoms with E-state index in [1.54, 1.807) is 18.0 Å². The molecule has 3 aromatic rings. The lowest BCUT2D eigenvalue weighted by Gasteiger charge is -2.26. The van der Waals surface area contributed by atoms with E-state index >= 15 is 0 Å². The standard InChI is InChI=1S/C37H43N5O6S/c1-4-6-7-13-20-42(3)35(44)30-22-26(48-34-28-16-11-12-17-31(28)38-32(39-34)24-14-9-8-10-15-24)21-29(30)33(43)40-37(23-25(37)5-2)36(45)41-49(46,47)27-18-19-27/h4-5,8-12,14-17,25-27,29-30H,1-2,6-7,13,18-23H2,3H3,(H,40,43)(H,41,45)/t25-,26-,29-,30-,37-/m1/s1. The number of allylic oxidation sites excluding steroid dienone is 1. The van der Waals surface area contributed by atoms with Gasteiger partial charge in [-0.15, -0.1) is 13.2 Å². The molecule has 11 nitrogen and oxygen atoms in total. The molecule has 3 aliphatic rings. The average molecular weight is 686 g/mol. The number of aromatic nitrogens is 2. The number of ether oxygens (including phenoxy) is 1. The molecule has 0 unspecified atom stereocenters. The minimum absolute atomic E-state index is 0.187. The number of fused-ring (bicyclic) bond motifs is 1. The van der Waals surface area contributed by atoms with Gasteiger partial charge in [-0.2, -0.15) is 4.98 Å². The van der Waals surface area contributed by atoms with Gasteiger partial charge in [-0.3, -0.25) is 19.1 Å². The van der Waals surface area contributed by atoms with Crippen LogP contribution in [0.3, 0.4) is 0 Å². The molecule has 258 valence electrons. The summed E-state index contributed by atoms with van der Waals surface area (Å²) >= 11 is 0. The predicted octanol–water partition coefficient (Wildman–Crippen LogP) is 4.55. The Kier molecular flexibility index (Phi) is 9.87. The number of unbranched alkanes of at least 4 members (excludes halogenated alkanes) is 2. The number of rotatable bonds is 15. The highest BCUT2D eigenvalue weighted by atomic mass is 32.2. The maximum Gasteiger partial charge on any atom is 0.259 e. The Balaban J connectivity index is 1.26. The maximum absolute atomic E-state index is 14.1. The van der Waals surface area contributed by atoms with Crippen LogP contribution in [-0.4, -0.2) is 71.5 Å². The number of hydrogen-bond donors (Lipinski definition) is 2. The van der Waals surface area contributed by atoms with Crippen molar-refractivity contribution in [1.29, 1.82) is 0 Å². The summed E-state index contributed by atoms with van der Waals surface area (Å²) in [6.07, 6.45) is 7.03. The van der Waals surface area contributed by atoms with E-state index in [4.69, 9.17) is 14.7 Å². The summed E-state index contributed by atoms with van der Waals surface area (Å²) in [7, 11) is -2.10. The number of amides is 3. The van der Waals surface area contributed by atoms with Crippen LogP contribution >= 0.6 is 0 Å². The summed E-state index contributed by atoms with van der Waals surface area (Å²) in [6, 6.07) is 17.1. The van der Waals surface area contributed by atoms with E-state index < -0.39 is 56.5 Å². The van der Waals surface area contributed by atoms with Gasteiger partial charge in [0.2, 0.25) is 27.7 Å². The zero-order chi connectivity index (χ0) is 34.8. The summed E-state index contributed by atoms with van der Waals surface area (Å²) in [4.78, 5) is 52.6. The molecule has 0 saturated heterocycles. The van der Waals surface area contributed by atoms with Crippen molar-refractivity contribution >= 4 is 38.6 Å². The van der Waals surface area contributed by atoms with Crippen LogP contribution in [-0.2, 0) is 24.4 Å². The zero-order valence-corrected chi connectivity index (χ0v) is 28.5. The van der Waals surface area contributed by atoms with Crippen molar-refractivity contribution in [2.75, 3.05) is 13.6 Å². The molecule has 12 heteroatoms. The highest BCUT2D eigenvalue weighted by Crippen LogP contribution is 2.46. The van der Waals surface area contributed by atoms with Crippen molar-refractivity contribution in [2.45, 2.75) is 68.3 Å². The quantitative estimate of drug-likeness (QED) is 0.175. The van der Waals surface area contributed by atoms with Crippen LogP contribution in [0.5, 0.6) is 5.88 Å². The van der Waals surface area contributed by atoms with Crippen LogP contribution < -0.4 is 14.8 Å². The third-order valence-electron chi connectivity index (χ3n) is 9.83. The third kappa shape index (κ3) is 7.39. The van der Waals surface area contributed by atoms with Gasteiger partial charge in [-0.1, -0.05) is 54.6 Å². The van der Waals surface area contributed by atoms with Gasteiger partial charge >= 0.3 is 0 Å². The number of carbonyl (C=O) groups is 3. The van der Waals surface area contributed by atoms with Crippen LogP contribution in [0, 0.1) is 17.8 Å². The lowest BCUT2D eigenvalue weighted by Crippen LogP contribution is -2.54. The van der Waals surface area contributed by atoms with Crippen LogP contribution in [0.15, 0.2) is 79.9 Å². The molecule has 3 saturated carbocycles. The van der Waals surface area contributed by atoms with E-state index in [9.17, 15) is 22.8 Å². The van der Waals surface area contributed by atoms with Gasteiger partial charge in [-0.05, 0) is 63.5 Å². The van der Waals surface area contributed by atoms with Crippen molar-refractivity contribution in [3.63, 3.8) is 0 Å². The minimum atomic E-state index is -3.83. The Morgan fingerprint density at radius 2 is 1.71 bits per heavy atom. The molecule has 2 aromatic carbocycles. The first-order chi connectivity index (χ1) is 23.6. The molecule has 6 rings (SSSR count). The second-order valence-electron chi connectivity index (χ2n) is 13.4. The molecule has 0 radical (unpaired) electrons. The van der Waals surface area contributed by atoms with Crippen molar-refractivity contribution in [3.8, 4) is 17.3 Å². The van der Waals surface area contributed by atoms with Crippen molar-refractivity contribution in [3.05, 3.63) is 79.9 Å². The molecule has 49 heavy (non-hydrogen) atoms. The first-order valence-corrected chi connectivity index (χ1v) is 18.5. The lowest BCUT2D eigenvalue weighted by molar-refractivity contribution is -0.140. The summed E-state index contributed by atoms with van der Waals surface area (Å²) in [5.74, 6) is -2.60. The van der Waals surface area contributed by atoms with Gasteiger partial charge in [0.05, 0.1) is 28.0 Å². The van der Waals surface area contributed by atoms with Crippen LogP contribution in [0.25, 0.3) is 22.3 Å². The Morgan fingerprint density at radius 1 is 1.00 bits per heavy atom. The Bertz CT molecular complexity index is 1860. The molecule has 1 heterocycles. The van der Waals surface area contributed by atoms with E-state index in [0.717, 1.165) is 24.8 Å². The molecule has 1 aromatic heterocycles. The van der Waals surface area contributed by atoms with Crippen LogP contribution in [0.2, 0.25) is 0 Å². The van der Waals surface area contributed by atoms with Crippen molar-refractivity contribution in [2.24, 2.45) is 17.8 Å². The molecule has 5 atom stereocenters. The number of sulfonamides is 1. The molecule has 3 amide bonds. The smallest absolute Gasteiger partial charge is 0.259 e. The maximum atomic E-state index is 14.1. The van der Waals surface area contributed by atoms with E-state index in [1.807, 2.05) is 60.7 Å². The van der Waals surface area contributed by atoms with E-state index in [-0.39, 0.29) is 25.2 Å². The molecule has 3 aliphatic carbocycles. The van der Waals surface area contributed by atoms with Crippen LogP contribution in [0.1, 0.15) is 51.4 Å². The fourth-order valence-corrected chi connectivity index (χ4v) is 8.08. The molecule has 3 fully saturated rings. The molecule has 0 bridgehead atoms. The van der Waals surface area contributed by atoms with Gasteiger partial charge < -0.3 is 15.0 Å². The summed E-state index contributed by atoms with van der Waals surface area (Å²) < 4.78 is 34.0. The summed E-state index contributed by atoms with van der Waals surface area (Å²) in [6.45, 7) is 8.07. The van der Waals surface area contributed by atoms with Gasteiger partial charge in [0, 0.05) is 25.1 Å². The monoisotopic (exact) mass is 685 g/mol. The first kappa shape index (κ1) is 34.3. The van der Waals surface area contributed by atoms with E-state index in [2.05, 4.69) is 23.2 Å². The topological polar surface area (TPSA) is 148 Å². The molecular weight excluding hydrogens is 643 g/mol. The third-order valence-corrected chi connectivity index (χ3v) is 11.6. The van der Waals surface area contributed by atoms with E-state index in [0.29, 0.717) is 42.0 Å².